The maximum atomic E-state index is 5.36. The van der Waals surface area contributed by atoms with Gasteiger partial charge in [-0.1, -0.05) is 23.8 Å². The Bertz CT molecular complexity index is 112. The normalized spacial score (nSPS) is 13.0. The predicted octanol–water partition coefficient (Wildman–Crippen LogP) is 1.86. The minimum atomic E-state index is 0.740. The van der Waals surface area contributed by atoms with Gasteiger partial charge in [-0.15, -0.1) is 0 Å². The SMILES string of the molecule is C/C=C\C(=C/C)CCN. The van der Waals surface area contributed by atoms with Gasteiger partial charge in [0.15, 0.2) is 0 Å². The monoisotopic (exact) mass is 125 g/mol. The number of rotatable bonds is 3. The zero-order chi connectivity index (χ0) is 7.11. The molecule has 0 saturated heterocycles. The molecule has 0 aromatic carbocycles. The van der Waals surface area contributed by atoms with Crippen LogP contribution in [0.2, 0.25) is 0 Å². The smallest absolute Gasteiger partial charge is 0.00368 e. The van der Waals surface area contributed by atoms with E-state index in [1.165, 1.54) is 5.57 Å². The summed E-state index contributed by atoms with van der Waals surface area (Å²) in [5.74, 6) is 0. The molecule has 2 N–H and O–H groups in total. The van der Waals surface area contributed by atoms with E-state index in [4.69, 9.17) is 5.73 Å². The Morgan fingerprint density at radius 3 is 2.44 bits per heavy atom. The van der Waals surface area contributed by atoms with Crippen LogP contribution in [0, 0.1) is 0 Å². The lowest BCUT2D eigenvalue weighted by Gasteiger charge is -1.94. The van der Waals surface area contributed by atoms with Crippen molar-refractivity contribution in [3.63, 3.8) is 0 Å². The molecule has 0 radical (unpaired) electrons. The third-order valence-corrected chi connectivity index (χ3v) is 1.18. The van der Waals surface area contributed by atoms with Crippen LogP contribution in [0.25, 0.3) is 0 Å². The largest absolute Gasteiger partial charge is 0.330 e. The summed E-state index contributed by atoms with van der Waals surface area (Å²) in [6.07, 6.45) is 7.20. The summed E-state index contributed by atoms with van der Waals surface area (Å²) in [5.41, 5.74) is 6.68. The fourth-order valence-electron chi connectivity index (χ4n) is 0.705. The fraction of sp³-hybridized carbons (Fsp3) is 0.500. The summed E-state index contributed by atoms with van der Waals surface area (Å²) in [5, 5.41) is 0. The first-order valence-corrected chi connectivity index (χ1v) is 3.33. The zero-order valence-electron chi connectivity index (χ0n) is 6.22. The van der Waals surface area contributed by atoms with E-state index in [1.54, 1.807) is 0 Å². The summed E-state index contributed by atoms with van der Waals surface area (Å²) in [4.78, 5) is 0. The van der Waals surface area contributed by atoms with Crippen molar-refractivity contribution in [3.8, 4) is 0 Å². The molecule has 0 aliphatic heterocycles. The van der Waals surface area contributed by atoms with Crippen molar-refractivity contribution < 1.29 is 0 Å². The van der Waals surface area contributed by atoms with E-state index >= 15 is 0 Å². The average molecular weight is 125 g/mol. The van der Waals surface area contributed by atoms with Gasteiger partial charge in [-0.25, -0.2) is 0 Å². The molecule has 0 fully saturated rings. The van der Waals surface area contributed by atoms with E-state index in [0.29, 0.717) is 0 Å². The molecule has 0 bridgehead atoms. The van der Waals surface area contributed by atoms with Gasteiger partial charge in [-0.3, -0.25) is 0 Å². The van der Waals surface area contributed by atoms with Crippen LogP contribution in [0.4, 0.5) is 0 Å². The maximum absolute atomic E-state index is 5.36. The van der Waals surface area contributed by atoms with Gasteiger partial charge in [0.25, 0.3) is 0 Å². The molecule has 9 heavy (non-hydrogen) atoms. The third kappa shape index (κ3) is 3.98. The molecule has 0 rings (SSSR count). The molecular formula is C8H15N. The molecule has 1 nitrogen and oxygen atoms in total. The standard InChI is InChI=1S/C8H15N/c1-3-5-8(4-2)6-7-9/h3-5H,6-7,9H2,1-2H3/b5-3-,8-4+. The van der Waals surface area contributed by atoms with Crippen LogP contribution in [0.15, 0.2) is 23.8 Å². The molecular weight excluding hydrogens is 110 g/mol. The lowest BCUT2D eigenvalue weighted by molar-refractivity contribution is 0.970. The van der Waals surface area contributed by atoms with Crippen LogP contribution in [-0.4, -0.2) is 6.54 Å². The van der Waals surface area contributed by atoms with Gasteiger partial charge < -0.3 is 5.73 Å². The van der Waals surface area contributed by atoms with Gasteiger partial charge >= 0.3 is 0 Å². The van der Waals surface area contributed by atoms with Crippen LogP contribution in [0.3, 0.4) is 0 Å². The van der Waals surface area contributed by atoms with Crippen molar-refractivity contribution in [2.24, 2.45) is 5.73 Å². The highest BCUT2D eigenvalue weighted by Gasteiger charge is 1.84. The topological polar surface area (TPSA) is 26.0 Å². The van der Waals surface area contributed by atoms with Gasteiger partial charge in [-0.05, 0) is 26.8 Å². The molecule has 52 valence electrons. The lowest BCUT2D eigenvalue weighted by atomic mass is 10.2. The van der Waals surface area contributed by atoms with Crippen LogP contribution < -0.4 is 5.73 Å². The van der Waals surface area contributed by atoms with E-state index < -0.39 is 0 Å². The molecule has 0 saturated carbocycles. The van der Waals surface area contributed by atoms with Gasteiger partial charge in [0.2, 0.25) is 0 Å². The first-order chi connectivity index (χ1) is 4.35. The molecule has 0 aliphatic rings. The van der Waals surface area contributed by atoms with E-state index in [-0.39, 0.29) is 0 Å². The number of hydrogen-bond acceptors (Lipinski definition) is 1. The highest BCUT2D eigenvalue weighted by molar-refractivity contribution is 5.17. The maximum Gasteiger partial charge on any atom is -0.00368 e. The number of allylic oxidation sites excluding steroid dienone is 3. The van der Waals surface area contributed by atoms with Crippen molar-refractivity contribution in [1.29, 1.82) is 0 Å². The summed E-state index contributed by atoms with van der Waals surface area (Å²) in [6, 6.07) is 0. The van der Waals surface area contributed by atoms with Gasteiger partial charge in [0.05, 0.1) is 0 Å². The van der Waals surface area contributed by atoms with Gasteiger partial charge in [0, 0.05) is 0 Å². The lowest BCUT2D eigenvalue weighted by Crippen LogP contribution is -1.98. The molecule has 0 atom stereocenters. The Morgan fingerprint density at radius 2 is 2.11 bits per heavy atom. The molecule has 0 heterocycles. The first-order valence-electron chi connectivity index (χ1n) is 3.33. The second-order valence-corrected chi connectivity index (χ2v) is 1.90. The predicted molar refractivity (Wildman–Crippen MR) is 42.2 cm³/mol. The third-order valence-electron chi connectivity index (χ3n) is 1.18. The van der Waals surface area contributed by atoms with Crippen molar-refractivity contribution in [2.45, 2.75) is 20.3 Å². The van der Waals surface area contributed by atoms with E-state index in [1.807, 2.05) is 19.9 Å². The van der Waals surface area contributed by atoms with Crippen LogP contribution in [0.1, 0.15) is 20.3 Å². The summed E-state index contributed by atoms with van der Waals surface area (Å²) in [7, 11) is 0. The summed E-state index contributed by atoms with van der Waals surface area (Å²) < 4.78 is 0. The summed E-state index contributed by atoms with van der Waals surface area (Å²) >= 11 is 0. The number of nitrogens with two attached hydrogens (primary N) is 1. The Labute approximate surface area is 57.3 Å². The average Bonchev–Trinajstić information content (AvgIpc) is 1.88. The first kappa shape index (κ1) is 8.44. The molecule has 0 aromatic rings. The van der Waals surface area contributed by atoms with Gasteiger partial charge in [0.1, 0.15) is 0 Å². The minimum absolute atomic E-state index is 0.740. The highest BCUT2D eigenvalue weighted by atomic mass is 14.5. The Hall–Kier alpha value is -0.560. The molecule has 0 amide bonds. The van der Waals surface area contributed by atoms with E-state index in [0.717, 1.165) is 13.0 Å². The van der Waals surface area contributed by atoms with Gasteiger partial charge in [-0.2, -0.15) is 0 Å². The van der Waals surface area contributed by atoms with Crippen LogP contribution in [0.5, 0.6) is 0 Å². The zero-order valence-corrected chi connectivity index (χ0v) is 6.22. The Kier molecular flexibility index (Phi) is 5.23. The second-order valence-electron chi connectivity index (χ2n) is 1.90. The summed E-state index contributed by atoms with van der Waals surface area (Å²) in [6.45, 7) is 4.79. The van der Waals surface area contributed by atoms with Crippen LogP contribution in [-0.2, 0) is 0 Å². The van der Waals surface area contributed by atoms with Crippen molar-refractivity contribution in [2.75, 3.05) is 6.54 Å². The quantitative estimate of drug-likeness (QED) is 0.572. The van der Waals surface area contributed by atoms with Crippen LogP contribution >= 0.6 is 0 Å². The van der Waals surface area contributed by atoms with Crippen molar-refractivity contribution in [3.05, 3.63) is 23.8 Å². The highest BCUT2D eigenvalue weighted by Crippen LogP contribution is 2.00. The second kappa shape index (κ2) is 5.57. The fourth-order valence-corrected chi connectivity index (χ4v) is 0.705. The Morgan fingerprint density at radius 1 is 1.44 bits per heavy atom. The minimum Gasteiger partial charge on any atom is -0.330 e. The Balaban J connectivity index is 3.70. The van der Waals surface area contributed by atoms with E-state index in [9.17, 15) is 0 Å². The molecule has 0 aliphatic carbocycles. The molecule has 0 aromatic heterocycles. The van der Waals surface area contributed by atoms with E-state index in [2.05, 4.69) is 12.2 Å². The molecule has 0 spiro atoms. The van der Waals surface area contributed by atoms with Crippen molar-refractivity contribution >= 4 is 0 Å². The molecule has 1 heteroatoms. The number of hydrogen-bond donors (Lipinski definition) is 1. The molecule has 0 unspecified atom stereocenters. The van der Waals surface area contributed by atoms with Crippen molar-refractivity contribution in [1.82, 2.24) is 0 Å².